The molecule has 1 unspecified atom stereocenters. The van der Waals surface area contributed by atoms with Gasteiger partial charge < -0.3 is 16.0 Å². The monoisotopic (exact) mass is 221 g/mol. The molecule has 0 spiro atoms. The summed E-state index contributed by atoms with van der Waals surface area (Å²) in [6, 6.07) is 1.93. The Morgan fingerprint density at radius 2 is 2.56 bits per heavy atom. The number of carbonyl (C=O) groups excluding carboxylic acids is 1. The van der Waals surface area contributed by atoms with Crippen LogP contribution in [0.1, 0.15) is 6.42 Å². The van der Waals surface area contributed by atoms with E-state index in [2.05, 4.69) is 20.2 Å². The zero-order valence-electron chi connectivity index (χ0n) is 8.97. The van der Waals surface area contributed by atoms with Gasteiger partial charge in [-0.15, -0.1) is 0 Å². The van der Waals surface area contributed by atoms with Gasteiger partial charge in [0, 0.05) is 32.3 Å². The third-order valence-electron chi connectivity index (χ3n) is 2.65. The SMILES string of the molecule is NC(=O)CC1CNCCN1c1ccncn1. The number of nitrogens with one attached hydrogen (secondary N) is 1. The van der Waals surface area contributed by atoms with E-state index < -0.39 is 0 Å². The summed E-state index contributed by atoms with van der Waals surface area (Å²) < 4.78 is 0. The number of nitrogens with zero attached hydrogens (tertiary/aromatic N) is 3. The molecule has 0 aromatic carbocycles. The molecule has 1 aliphatic heterocycles. The fourth-order valence-corrected chi connectivity index (χ4v) is 1.93. The van der Waals surface area contributed by atoms with Crippen LogP contribution in [0, 0.1) is 0 Å². The van der Waals surface area contributed by atoms with E-state index in [-0.39, 0.29) is 11.9 Å². The highest BCUT2D eigenvalue weighted by Gasteiger charge is 2.24. The van der Waals surface area contributed by atoms with Crippen molar-refractivity contribution >= 4 is 11.7 Å². The third kappa shape index (κ3) is 2.46. The molecule has 0 aliphatic carbocycles. The molecule has 86 valence electrons. The second kappa shape index (κ2) is 4.89. The maximum absolute atomic E-state index is 11.0. The minimum atomic E-state index is -0.284. The van der Waals surface area contributed by atoms with Gasteiger partial charge in [0.05, 0.1) is 6.04 Å². The van der Waals surface area contributed by atoms with E-state index in [9.17, 15) is 4.79 Å². The van der Waals surface area contributed by atoms with E-state index >= 15 is 0 Å². The highest BCUT2D eigenvalue weighted by molar-refractivity contribution is 5.75. The second-order valence-corrected chi connectivity index (χ2v) is 3.79. The van der Waals surface area contributed by atoms with Gasteiger partial charge in [-0.1, -0.05) is 0 Å². The normalized spacial score (nSPS) is 20.8. The van der Waals surface area contributed by atoms with Crippen molar-refractivity contribution in [3.63, 3.8) is 0 Å². The number of primary amides is 1. The van der Waals surface area contributed by atoms with E-state index in [4.69, 9.17) is 5.73 Å². The average molecular weight is 221 g/mol. The van der Waals surface area contributed by atoms with E-state index in [0.717, 1.165) is 25.5 Å². The molecule has 2 rings (SSSR count). The summed E-state index contributed by atoms with van der Waals surface area (Å²) in [6.07, 6.45) is 3.56. The summed E-state index contributed by atoms with van der Waals surface area (Å²) in [5.74, 6) is 0.565. The summed E-state index contributed by atoms with van der Waals surface area (Å²) in [5.41, 5.74) is 5.24. The number of anilines is 1. The molecule has 1 atom stereocenters. The van der Waals surface area contributed by atoms with Gasteiger partial charge in [0.2, 0.25) is 5.91 Å². The first-order chi connectivity index (χ1) is 7.77. The molecule has 3 N–H and O–H groups in total. The van der Waals surface area contributed by atoms with Crippen molar-refractivity contribution < 1.29 is 4.79 Å². The molecule has 1 amide bonds. The van der Waals surface area contributed by atoms with Crippen LogP contribution in [0.3, 0.4) is 0 Å². The van der Waals surface area contributed by atoms with Gasteiger partial charge in [0.15, 0.2) is 0 Å². The number of hydrogen-bond donors (Lipinski definition) is 2. The van der Waals surface area contributed by atoms with Crippen LogP contribution in [0.25, 0.3) is 0 Å². The van der Waals surface area contributed by atoms with Gasteiger partial charge in [-0.2, -0.15) is 0 Å². The van der Waals surface area contributed by atoms with Crippen LogP contribution < -0.4 is 16.0 Å². The number of piperazine rings is 1. The van der Waals surface area contributed by atoms with Gasteiger partial charge in [-0.3, -0.25) is 4.79 Å². The van der Waals surface area contributed by atoms with E-state index in [1.54, 1.807) is 6.20 Å². The van der Waals surface area contributed by atoms with Crippen molar-refractivity contribution in [2.45, 2.75) is 12.5 Å². The molecule has 1 fully saturated rings. The number of amides is 1. The summed E-state index contributed by atoms with van der Waals surface area (Å²) in [7, 11) is 0. The number of rotatable bonds is 3. The smallest absolute Gasteiger partial charge is 0.219 e. The van der Waals surface area contributed by atoms with Gasteiger partial charge >= 0.3 is 0 Å². The lowest BCUT2D eigenvalue weighted by atomic mass is 10.1. The number of carbonyl (C=O) groups is 1. The molecule has 0 saturated carbocycles. The molecule has 0 radical (unpaired) electrons. The Kier molecular flexibility index (Phi) is 3.31. The topological polar surface area (TPSA) is 84.1 Å². The quantitative estimate of drug-likeness (QED) is 0.693. The Bertz CT molecular complexity index is 355. The minimum Gasteiger partial charge on any atom is -0.370 e. The Morgan fingerprint density at radius 3 is 3.25 bits per heavy atom. The first kappa shape index (κ1) is 10.8. The highest BCUT2D eigenvalue weighted by atomic mass is 16.1. The molecule has 1 aromatic rings. The number of aromatic nitrogens is 2. The molecule has 1 aliphatic rings. The zero-order chi connectivity index (χ0) is 11.4. The number of hydrogen-bond acceptors (Lipinski definition) is 5. The summed E-state index contributed by atoms with van der Waals surface area (Å²) >= 11 is 0. The average Bonchev–Trinajstić information content (AvgIpc) is 2.30. The van der Waals surface area contributed by atoms with Crippen molar-refractivity contribution in [2.75, 3.05) is 24.5 Å². The predicted octanol–water partition coefficient (Wildman–Crippen LogP) is -0.870. The maximum atomic E-state index is 11.0. The standard InChI is InChI=1S/C10H15N5O/c11-9(16)5-8-6-12-3-4-15(8)10-1-2-13-7-14-10/h1-2,7-8,12H,3-6H2,(H2,11,16). The minimum absolute atomic E-state index is 0.0844. The number of nitrogens with two attached hydrogens (primary N) is 1. The molecule has 6 heteroatoms. The Balaban J connectivity index is 2.13. The molecular weight excluding hydrogens is 206 g/mol. The fraction of sp³-hybridized carbons (Fsp3) is 0.500. The molecule has 1 aromatic heterocycles. The van der Waals surface area contributed by atoms with Crippen molar-refractivity contribution in [1.82, 2.24) is 15.3 Å². The lowest BCUT2D eigenvalue weighted by Crippen LogP contribution is -2.53. The second-order valence-electron chi connectivity index (χ2n) is 3.79. The van der Waals surface area contributed by atoms with Crippen LogP contribution in [-0.4, -0.2) is 41.6 Å². The first-order valence-corrected chi connectivity index (χ1v) is 5.29. The van der Waals surface area contributed by atoms with E-state index in [0.29, 0.717) is 6.42 Å². The van der Waals surface area contributed by atoms with E-state index in [1.807, 2.05) is 6.07 Å². The Labute approximate surface area is 93.9 Å². The van der Waals surface area contributed by atoms with Crippen molar-refractivity contribution in [3.05, 3.63) is 18.6 Å². The molecule has 16 heavy (non-hydrogen) atoms. The fourth-order valence-electron chi connectivity index (χ4n) is 1.93. The van der Waals surface area contributed by atoms with Gasteiger partial charge in [0.1, 0.15) is 12.1 Å². The van der Waals surface area contributed by atoms with Crippen LogP contribution in [0.4, 0.5) is 5.82 Å². The van der Waals surface area contributed by atoms with Crippen LogP contribution >= 0.6 is 0 Å². The Morgan fingerprint density at radius 1 is 1.69 bits per heavy atom. The largest absolute Gasteiger partial charge is 0.370 e. The molecule has 1 saturated heterocycles. The van der Waals surface area contributed by atoms with Crippen LogP contribution in [0.5, 0.6) is 0 Å². The molecule has 6 nitrogen and oxygen atoms in total. The third-order valence-corrected chi connectivity index (χ3v) is 2.65. The molecule has 0 bridgehead atoms. The Hall–Kier alpha value is -1.69. The molecular formula is C10H15N5O. The summed E-state index contributed by atoms with van der Waals surface area (Å²) in [4.78, 5) is 21.2. The van der Waals surface area contributed by atoms with Crippen LogP contribution in [-0.2, 0) is 4.79 Å². The van der Waals surface area contributed by atoms with Crippen molar-refractivity contribution in [3.8, 4) is 0 Å². The lowest BCUT2D eigenvalue weighted by Gasteiger charge is -2.36. The van der Waals surface area contributed by atoms with E-state index in [1.165, 1.54) is 6.33 Å². The summed E-state index contributed by atoms with van der Waals surface area (Å²) in [5, 5.41) is 3.25. The van der Waals surface area contributed by atoms with Gasteiger partial charge in [-0.25, -0.2) is 9.97 Å². The van der Waals surface area contributed by atoms with Gasteiger partial charge in [0.25, 0.3) is 0 Å². The van der Waals surface area contributed by atoms with Crippen molar-refractivity contribution in [2.24, 2.45) is 5.73 Å². The first-order valence-electron chi connectivity index (χ1n) is 5.29. The molecule has 2 heterocycles. The van der Waals surface area contributed by atoms with Crippen LogP contribution in [0.15, 0.2) is 18.6 Å². The van der Waals surface area contributed by atoms with Crippen LogP contribution in [0.2, 0.25) is 0 Å². The predicted molar refractivity (Wildman–Crippen MR) is 59.8 cm³/mol. The maximum Gasteiger partial charge on any atom is 0.219 e. The van der Waals surface area contributed by atoms with Crippen molar-refractivity contribution in [1.29, 1.82) is 0 Å². The zero-order valence-corrected chi connectivity index (χ0v) is 8.97. The highest BCUT2D eigenvalue weighted by Crippen LogP contribution is 2.15. The summed E-state index contributed by atoms with van der Waals surface area (Å²) in [6.45, 7) is 2.47. The van der Waals surface area contributed by atoms with Gasteiger partial charge in [-0.05, 0) is 6.07 Å². The lowest BCUT2D eigenvalue weighted by molar-refractivity contribution is -0.118.